The highest BCUT2D eigenvalue weighted by atomic mass is 35.5. The van der Waals surface area contributed by atoms with Crippen LogP contribution in [0.15, 0.2) is 23.4 Å². The van der Waals surface area contributed by atoms with E-state index in [1.54, 1.807) is 6.07 Å². The van der Waals surface area contributed by atoms with Crippen LogP contribution >= 0.6 is 23.2 Å². The van der Waals surface area contributed by atoms with Gasteiger partial charge in [0.15, 0.2) is 5.84 Å². The number of hydrogen-bond acceptors (Lipinski definition) is 3. The van der Waals surface area contributed by atoms with Crippen molar-refractivity contribution < 1.29 is 5.21 Å². The predicted molar refractivity (Wildman–Crippen MR) is 75.4 cm³/mol. The highest BCUT2D eigenvalue weighted by Gasteiger charge is 2.08. The van der Waals surface area contributed by atoms with E-state index >= 15 is 0 Å². The maximum atomic E-state index is 8.60. The van der Waals surface area contributed by atoms with Gasteiger partial charge in [-0.15, -0.1) is 0 Å². The van der Waals surface area contributed by atoms with Crippen molar-refractivity contribution in [2.24, 2.45) is 10.9 Å². The van der Waals surface area contributed by atoms with Gasteiger partial charge in [0.25, 0.3) is 0 Å². The normalized spacial score (nSPS) is 12.1. The van der Waals surface area contributed by atoms with Gasteiger partial charge in [0.1, 0.15) is 0 Å². The first kappa shape index (κ1) is 15.1. The van der Waals surface area contributed by atoms with Gasteiger partial charge in [0.05, 0.1) is 16.6 Å². The smallest absolute Gasteiger partial charge is 0.153 e. The monoisotopic (exact) mass is 289 g/mol. The van der Waals surface area contributed by atoms with Crippen molar-refractivity contribution in [2.75, 3.05) is 13.1 Å². The number of oxime groups is 1. The first-order chi connectivity index (χ1) is 8.56. The summed E-state index contributed by atoms with van der Waals surface area (Å²) in [6.45, 7) is 4.04. The summed E-state index contributed by atoms with van der Waals surface area (Å²) < 4.78 is 0. The van der Waals surface area contributed by atoms with Gasteiger partial charge in [-0.2, -0.15) is 0 Å². The molecule has 0 amide bonds. The van der Waals surface area contributed by atoms with Crippen LogP contribution in [0.2, 0.25) is 10.0 Å². The van der Waals surface area contributed by atoms with Crippen LogP contribution in [0.4, 0.5) is 0 Å². The molecule has 0 aromatic heterocycles. The minimum atomic E-state index is 0.198. The van der Waals surface area contributed by atoms with E-state index in [1.165, 1.54) is 0 Å². The van der Waals surface area contributed by atoms with Crippen LogP contribution in [-0.4, -0.2) is 29.0 Å². The number of halogens is 2. The standard InChI is InChI=1S/C12H17Cl2N3O/c1-2-5-17(8-12(15)16-18)7-9-3-4-10(13)11(14)6-9/h3-4,6,18H,2,5,7-8H2,1H3,(H2,15,16). The Morgan fingerprint density at radius 3 is 2.67 bits per heavy atom. The lowest BCUT2D eigenvalue weighted by atomic mass is 10.2. The average molecular weight is 290 g/mol. The third kappa shape index (κ3) is 4.72. The molecule has 0 atom stereocenters. The fourth-order valence-electron chi connectivity index (χ4n) is 1.69. The zero-order chi connectivity index (χ0) is 13.5. The zero-order valence-corrected chi connectivity index (χ0v) is 11.7. The second-order valence-corrected chi connectivity index (χ2v) is 4.86. The van der Waals surface area contributed by atoms with E-state index in [1.807, 2.05) is 12.1 Å². The molecule has 1 rings (SSSR count). The van der Waals surface area contributed by atoms with E-state index in [9.17, 15) is 0 Å². The molecule has 18 heavy (non-hydrogen) atoms. The Labute approximate surface area is 117 Å². The summed E-state index contributed by atoms with van der Waals surface area (Å²) in [6, 6.07) is 5.52. The van der Waals surface area contributed by atoms with Crippen molar-refractivity contribution in [1.82, 2.24) is 4.90 Å². The Balaban J connectivity index is 2.73. The van der Waals surface area contributed by atoms with Gasteiger partial charge in [-0.3, -0.25) is 4.90 Å². The van der Waals surface area contributed by atoms with Crippen LogP contribution in [-0.2, 0) is 6.54 Å². The van der Waals surface area contributed by atoms with Crippen molar-refractivity contribution in [3.05, 3.63) is 33.8 Å². The molecule has 0 unspecified atom stereocenters. The average Bonchev–Trinajstić information content (AvgIpc) is 2.34. The van der Waals surface area contributed by atoms with Gasteiger partial charge >= 0.3 is 0 Å². The summed E-state index contributed by atoms with van der Waals surface area (Å²) in [6.07, 6.45) is 0.986. The molecule has 0 aliphatic carbocycles. The quantitative estimate of drug-likeness (QED) is 0.366. The predicted octanol–water partition coefficient (Wildman–Crippen LogP) is 2.95. The summed E-state index contributed by atoms with van der Waals surface area (Å²) in [5, 5.41) is 12.7. The zero-order valence-electron chi connectivity index (χ0n) is 10.2. The van der Waals surface area contributed by atoms with E-state index < -0.39 is 0 Å². The number of nitrogens with two attached hydrogens (primary N) is 1. The molecule has 0 aliphatic heterocycles. The van der Waals surface area contributed by atoms with Crippen LogP contribution in [0, 0.1) is 0 Å². The molecule has 0 spiro atoms. The molecule has 100 valence electrons. The summed E-state index contributed by atoms with van der Waals surface area (Å²) >= 11 is 11.8. The first-order valence-corrected chi connectivity index (χ1v) is 6.45. The third-order valence-electron chi connectivity index (χ3n) is 2.44. The van der Waals surface area contributed by atoms with Gasteiger partial charge in [0, 0.05) is 6.54 Å². The first-order valence-electron chi connectivity index (χ1n) is 5.69. The maximum absolute atomic E-state index is 8.60. The third-order valence-corrected chi connectivity index (χ3v) is 3.18. The molecule has 0 heterocycles. The van der Waals surface area contributed by atoms with Crippen molar-refractivity contribution in [3.63, 3.8) is 0 Å². The van der Waals surface area contributed by atoms with Gasteiger partial charge < -0.3 is 10.9 Å². The van der Waals surface area contributed by atoms with Crippen LogP contribution in [0.1, 0.15) is 18.9 Å². The van der Waals surface area contributed by atoms with Crippen LogP contribution < -0.4 is 5.73 Å². The van der Waals surface area contributed by atoms with Crippen molar-refractivity contribution in [1.29, 1.82) is 0 Å². The summed E-state index contributed by atoms with van der Waals surface area (Å²) in [4.78, 5) is 2.08. The lowest BCUT2D eigenvalue weighted by Crippen LogP contribution is -2.34. The molecule has 3 N–H and O–H groups in total. The molecule has 6 heteroatoms. The van der Waals surface area contributed by atoms with Crippen LogP contribution in [0.5, 0.6) is 0 Å². The number of nitrogens with zero attached hydrogens (tertiary/aromatic N) is 2. The largest absolute Gasteiger partial charge is 0.409 e. The van der Waals surface area contributed by atoms with Crippen LogP contribution in [0.3, 0.4) is 0 Å². The molecular formula is C12H17Cl2N3O. The van der Waals surface area contributed by atoms with E-state index in [2.05, 4.69) is 17.0 Å². The SMILES string of the molecule is CCCN(CC(N)=NO)Cc1ccc(Cl)c(Cl)c1. The van der Waals surface area contributed by atoms with Crippen molar-refractivity contribution in [2.45, 2.75) is 19.9 Å². The van der Waals surface area contributed by atoms with Gasteiger partial charge in [0.2, 0.25) is 0 Å². The molecule has 4 nitrogen and oxygen atoms in total. The van der Waals surface area contributed by atoms with Gasteiger partial charge in [-0.25, -0.2) is 0 Å². The Morgan fingerprint density at radius 2 is 2.11 bits per heavy atom. The van der Waals surface area contributed by atoms with E-state index in [0.717, 1.165) is 18.5 Å². The summed E-state index contributed by atoms with van der Waals surface area (Å²) in [5.74, 6) is 0.198. The molecule has 1 aromatic rings. The van der Waals surface area contributed by atoms with Crippen molar-refractivity contribution in [3.8, 4) is 0 Å². The number of amidine groups is 1. The molecule has 0 bridgehead atoms. The highest BCUT2D eigenvalue weighted by Crippen LogP contribution is 2.23. The van der Waals surface area contributed by atoms with Crippen molar-refractivity contribution >= 4 is 29.0 Å². The summed E-state index contributed by atoms with van der Waals surface area (Å²) in [5.41, 5.74) is 6.57. The highest BCUT2D eigenvalue weighted by molar-refractivity contribution is 6.42. The molecule has 0 saturated carbocycles. The molecule has 1 aromatic carbocycles. The second-order valence-electron chi connectivity index (χ2n) is 4.05. The van der Waals surface area contributed by atoms with Gasteiger partial charge in [-0.05, 0) is 30.7 Å². The Kier molecular flexibility index (Phi) is 6.25. The Bertz CT molecular complexity index is 424. The number of benzene rings is 1. The molecule has 0 fully saturated rings. The minimum absolute atomic E-state index is 0.198. The lowest BCUT2D eigenvalue weighted by molar-refractivity contribution is 0.286. The number of hydrogen-bond donors (Lipinski definition) is 2. The molecule has 0 saturated heterocycles. The minimum Gasteiger partial charge on any atom is -0.409 e. The number of rotatable bonds is 6. The fraction of sp³-hybridized carbons (Fsp3) is 0.417. The van der Waals surface area contributed by atoms with E-state index in [-0.39, 0.29) is 5.84 Å². The van der Waals surface area contributed by atoms with E-state index in [4.69, 9.17) is 34.1 Å². The fourth-order valence-corrected chi connectivity index (χ4v) is 2.01. The Hall–Kier alpha value is -0.970. The lowest BCUT2D eigenvalue weighted by Gasteiger charge is -2.21. The van der Waals surface area contributed by atoms with Crippen LogP contribution in [0.25, 0.3) is 0 Å². The molecule has 0 aliphatic rings. The van der Waals surface area contributed by atoms with Gasteiger partial charge in [-0.1, -0.05) is 41.3 Å². The Morgan fingerprint density at radius 1 is 1.39 bits per heavy atom. The maximum Gasteiger partial charge on any atom is 0.153 e. The molecule has 0 radical (unpaired) electrons. The molecular weight excluding hydrogens is 273 g/mol. The topological polar surface area (TPSA) is 61.8 Å². The second kappa shape index (κ2) is 7.46. The van der Waals surface area contributed by atoms with E-state index in [0.29, 0.717) is 23.1 Å². The summed E-state index contributed by atoms with van der Waals surface area (Å²) in [7, 11) is 0.